The number of rotatable bonds is 3. The lowest BCUT2D eigenvalue weighted by Crippen LogP contribution is -2.42. The van der Waals surface area contributed by atoms with Gasteiger partial charge in [0.2, 0.25) is 0 Å². The molecule has 130 valence electrons. The first-order chi connectivity index (χ1) is 12.6. The van der Waals surface area contributed by atoms with Gasteiger partial charge in [-0.2, -0.15) is 0 Å². The zero-order chi connectivity index (χ0) is 18.5. The highest BCUT2D eigenvalue weighted by Gasteiger charge is 2.12. The average Bonchev–Trinajstić information content (AvgIpc) is 2.66. The molecule has 2 aromatic carbocycles. The number of hydrogen-bond donors (Lipinski definition) is 3. The van der Waals surface area contributed by atoms with Crippen LogP contribution in [0.25, 0.3) is 11.0 Å². The summed E-state index contributed by atoms with van der Waals surface area (Å²) in [5.74, 6) is 5.12. The Morgan fingerprint density at radius 2 is 1.92 bits per heavy atom. The number of nitrogens with one attached hydrogen (secondary N) is 2. The standard InChI is InChI=1S/C19H15N3O4/c23-11-5-4-6-13-9-10-16-15(12-13)20-18(25)19(26)22(16)21-17(24)14-7-2-1-3-8-14/h1-3,7-10,12,23H,5,11H2,(H,20,25)(H,21,24). The summed E-state index contributed by atoms with van der Waals surface area (Å²) in [6, 6.07) is 13.2. The number of fused-ring (bicyclic) bond motifs is 1. The second kappa shape index (κ2) is 7.51. The maximum atomic E-state index is 12.3. The minimum Gasteiger partial charge on any atom is -0.395 e. The fourth-order valence-electron chi connectivity index (χ4n) is 2.38. The molecule has 0 aliphatic heterocycles. The van der Waals surface area contributed by atoms with Gasteiger partial charge in [-0.3, -0.25) is 19.8 Å². The first-order valence-electron chi connectivity index (χ1n) is 7.85. The van der Waals surface area contributed by atoms with Crippen molar-refractivity contribution in [3.05, 3.63) is 80.4 Å². The van der Waals surface area contributed by atoms with E-state index in [1.807, 2.05) is 0 Å². The van der Waals surface area contributed by atoms with Crippen LogP contribution in [0.1, 0.15) is 22.3 Å². The van der Waals surface area contributed by atoms with Gasteiger partial charge in [-0.1, -0.05) is 30.0 Å². The average molecular weight is 349 g/mol. The van der Waals surface area contributed by atoms with Crippen LogP contribution in [0.2, 0.25) is 0 Å². The smallest absolute Gasteiger partial charge is 0.335 e. The predicted molar refractivity (Wildman–Crippen MR) is 97.5 cm³/mol. The Hall–Kier alpha value is -3.63. The van der Waals surface area contributed by atoms with Crippen LogP contribution in [-0.2, 0) is 0 Å². The maximum absolute atomic E-state index is 12.3. The van der Waals surface area contributed by atoms with Crippen LogP contribution in [0.15, 0.2) is 58.1 Å². The van der Waals surface area contributed by atoms with Crippen LogP contribution in [0.3, 0.4) is 0 Å². The van der Waals surface area contributed by atoms with Crippen LogP contribution in [0, 0.1) is 11.8 Å². The summed E-state index contributed by atoms with van der Waals surface area (Å²) in [6.07, 6.45) is 0.335. The molecule has 0 spiro atoms. The maximum Gasteiger partial charge on any atom is 0.335 e. The van der Waals surface area contributed by atoms with Crippen molar-refractivity contribution in [2.75, 3.05) is 12.0 Å². The van der Waals surface area contributed by atoms with Crippen molar-refractivity contribution in [1.82, 2.24) is 9.66 Å². The van der Waals surface area contributed by atoms with E-state index in [1.54, 1.807) is 48.5 Å². The summed E-state index contributed by atoms with van der Waals surface area (Å²) in [6.45, 7) is -0.0392. The number of carbonyl (C=O) groups excluding carboxylic acids is 1. The molecule has 0 atom stereocenters. The third-order valence-corrected chi connectivity index (χ3v) is 3.60. The van der Waals surface area contributed by atoms with Crippen LogP contribution >= 0.6 is 0 Å². The van der Waals surface area contributed by atoms with Crippen LogP contribution < -0.4 is 16.5 Å². The van der Waals surface area contributed by atoms with E-state index in [4.69, 9.17) is 5.11 Å². The van der Waals surface area contributed by atoms with E-state index < -0.39 is 17.0 Å². The number of aromatic amines is 1. The summed E-state index contributed by atoms with van der Waals surface area (Å²) >= 11 is 0. The van der Waals surface area contributed by atoms with Gasteiger partial charge >= 0.3 is 11.1 Å². The van der Waals surface area contributed by atoms with E-state index in [0.717, 1.165) is 4.68 Å². The first kappa shape index (κ1) is 17.2. The van der Waals surface area contributed by atoms with Crippen LogP contribution in [0.5, 0.6) is 0 Å². The highest BCUT2D eigenvalue weighted by molar-refractivity contribution is 6.00. The summed E-state index contributed by atoms with van der Waals surface area (Å²) < 4.78 is 0.925. The zero-order valence-electron chi connectivity index (χ0n) is 13.7. The number of amides is 1. The predicted octanol–water partition coefficient (Wildman–Crippen LogP) is 0.808. The number of carbonyl (C=O) groups is 1. The molecule has 7 heteroatoms. The van der Waals surface area contributed by atoms with E-state index >= 15 is 0 Å². The highest BCUT2D eigenvalue weighted by Crippen LogP contribution is 2.10. The Kier molecular flexibility index (Phi) is 4.97. The van der Waals surface area contributed by atoms with Gasteiger partial charge in [-0.25, -0.2) is 4.68 Å². The second-order valence-corrected chi connectivity index (χ2v) is 5.41. The molecule has 1 amide bonds. The molecule has 0 aliphatic rings. The van der Waals surface area contributed by atoms with Crippen molar-refractivity contribution in [2.24, 2.45) is 0 Å². The molecular weight excluding hydrogens is 334 g/mol. The Balaban J connectivity index is 2.06. The molecule has 26 heavy (non-hydrogen) atoms. The minimum absolute atomic E-state index is 0.0392. The first-order valence-corrected chi connectivity index (χ1v) is 7.85. The molecule has 1 heterocycles. The summed E-state index contributed by atoms with van der Waals surface area (Å²) in [4.78, 5) is 38.9. The molecule has 0 radical (unpaired) electrons. The number of aliphatic hydroxyl groups is 1. The number of H-pyrrole nitrogens is 1. The van der Waals surface area contributed by atoms with Gasteiger partial charge in [0.15, 0.2) is 0 Å². The van der Waals surface area contributed by atoms with E-state index in [2.05, 4.69) is 22.3 Å². The molecule has 3 N–H and O–H groups in total. The topological polar surface area (TPSA) is 104 Å². The number of aliphatic hydroxyl groups excluding tert-OH is 1. The van der Waals surface area contributed by atoms with E-state index in [0.29, 0.717) is 28.6 Å². The molecule has 0 saturated heterocycles. The van der Waals surface area contributed by atoms with Gasteiger partial charge < -0.3 is 10.1 Å². The third-order valence-electron chi connectivity index (χ3n) is 3.60. The van der Waals surface area contributed by atoms with E-state index in [9.17, 15) is 14.4 Å². The lowest BCUT2D eigenvalue weighted by molar-refractivity contribution is 0.101. The molecule has 0 saturated carbocycles. The van der Waals surface area contributed by atoms with Crippen molar-refractivity contribution >= 4 is 16.9 Å². The fourth-order valence-corrected chi connectivity index (χ4v) is 2.38. The minimum atomic E-state index is -0.888. The Morgan fingerprint density at radius 1 is 1.15 bits per heavy atom. The Labute approximate surface area is 147 Å². The van der Waals surface area contributed by atoms with Gasteiger partial charge in [-0.05, 0) is 30.3 Å². The number of nitrogens with zero attached hydrogens (tertiary/aromatic N) is 1. The quantitative estimate of drug-likeness (QED) is 0.481. The second-order valence-electron chi connectivity index (χ2n) is 5.41. The van der Waals surface area contributed by atoms with Crippen LogP contribution in [0.4, 0.5) is 0 Å². The van der Waals surface area contributed by atoms with Crippen molar-refractivity contribution < 1.29 is 9.90 Å². The molecule has 0 fully saturated rings. The van der Waals surface area contributed by atoms with Gasteiger partial charge in [0.05, 0.1) is 17.6 Å². The molecule has 1 aromatic heterocycles. The fraction of sp³-hybridized carbons (Fsp3) is 0.105. The lowest BCUT2D eigenvalue weighted by Gasteiger charge is -2.11. The molecule has 3 aromatic rings. The summed E-state index contributed by atoms with van der Waals surface area (Å²) in [7, 11) is 0. The van der Waals surface area contributed by atoms with Gasteiger partial charge in [-0.15, -0.1) is 0 Å². The third kappa shape index (κ3) is 3.55. The van der Waals surface area contributed by atoms with Gasteiger partial charge in [0.25, 0.3) is 5.91 Å². The molecule has 7 nitrogen and oxygen atoms in total. The number of benzene rings is 2. The van der Waals surface area contributed by atoms with Crippen molar-refractivity contribution in [3.8, 4) is 11.8 Å². The zero-order valence-corrected chi connectivity index (χ0v) is 13.7. The summed E-state index contributed by atoms with van der Waals surface area (Å²) in [5, 5.41) is 8.77. The van der Waals surface area contributed by atoms with Gasteiger partial charge in [0, 0.05) is 17.5 Å². The van der Waals surface area contributed by atoms with Crippen molar-refractivity contribution in [3.63, 3.8) is 0 Å². The van der Waals surface area contributed by atoms with Crippen molar-refractivity contribution in [1.29, 1.82) is 0 Å². The molecular formula is C19H15N3O4. The molecule has 3 rings (SSSR count). The largest absolute Gasteiger partial charge is 0.395 e. The number of hydrogen-bond acceptors (Lipinski definition) is 4. The Morgan fingerprint density at radius 3 is 2.65 bits per heavy atom. The van der Waals surface area contributed by atoms with Crippen molar-refractivity contribution in [2.45, 2.75) is 6.42 Å². The number of aromatic nitrogens is 2. The normalized spacial score (nSPS) is 10.2. The monoisotopic (exact) mass is 349 g/mol. The van der Waals surface area contributed by atoms with Gasteiger partial charge in [0.1, 0.15) is 0 Å². The molecule has 0 bridgehead atoms. The summed E-state index contributed by atoms with van der Waals surface area (Å²) in [5.41, 5.74) is 2.39. The Bertz CT molecular complexity index is 1130. The SMILES string of the molecule is O=C(Nn1c(=O)c(=O)[nH]c2cc(C#CCCO)ccc21)c1ccccc1. The highest BCUT2D eigenvalue weighted by atomic mass is 16.3. The van der Waals surface area contributed by atoms with E-state index in [1.165, 1.54) is 0 Å². The lowest BCUT2D eigenvalue weighted by atomic mass is 10.2. The molecule has 0 aliphatic carbocycles. The molecule has 0 unspecified atom stereocenters. The van der Waals surface area contributed by atoms with E-state index in [-0.39, 0.29) is 6.61 Å². The van der Waals surface area contributed by atoms with Crippen LogP contribution in [-0.4, -0.2) is 27.3 Å².